The molecule has 1 heterocycles. The zero-order chi connectivity index (χ0) is 17.2. The summed E-state index contributed by atoms with van der Waals surface area (Å²) >= 11 is 12.1. The number of hydrogen-bond acceptors (Lipinski definition) is 3. The van der Waals surface area contributed by atoms with Gasteiger partial charge < -0.3 is 10.4 Å². The van der Waals surface area contributed by atoms with Gasteiger partial charge in [0, 0.05) is 16.2 Å². The van der Waals surface area contributed by atoms with Gasteiger partial charge in [0.1, 0.15) is 0 Å². The molecule has 0 spiro atoms. The zero-order valence-corrected chi connectivity index (χ0v) is 14.0. The number of rotatable bonds is 5. The smallest absolute Gasteiger partial charge is 0.331 e. The molecule has 1 aromatic carbocycles. The van der Waals surface area contributed by atoms with E-state index < -0.39 is 11.5 Å². The maximum atomic E-state index is 12.1. The lowest BCUT2D eigenvalue weighted by Crippen LogP contribution is -2.35. The fourth-order valence-electron chi connectivity index (χ4n) is 1.86. The second kappa shape index (κ2) is 6.60. The average Bonchev–Trinajstić information content (AvgIpc) is 2.92. The summed E-state index contributed by atoms with van der Waals surface area (Å²) in [4.78, 5) is 23.3. The summed E-state index contributed by atoms with van der Waals surface area (Å²) in [5, 5.41) is 16.6. The molecule has 0 atom stereocenters. The van der Waals surface area contributed by atoms with Crippen LogP contribution in [0, 0.1) is 0 Å². The van der Waals surface area contributed by atoms with Gasteiger partial charge in [-0.05, 0) is 31.5 Å². The van der Waals surface area contributed by atoms with E-state index in [9.17, 15) is 9.59 Å². The summed E-state index contributed by atoms with van der Waals surface area (Å²) in [6, 6.07) is 5.01. The molecule has 0 fully saturated rings. The van der Waals surface area contributed by atoms with Crippen molar-refractivity contribution < 1.29 is 14.7 Å². The van der Waals surface area contributed by atoms with Crippen LogP contribution >= 0.6 is 23.2 Å². The molecule has 0 aliphatic carbocycles. The van der Waals surface area contributed by atoms with E-state index in [-0.39, 0.29) is 12.3 Å². The Morgan fingerprint density at radius 2 is 1.91 bits per heavy atom. The summed E-state index contributed by atoms with van der Waals surface area (Å²) in [5.74, 6) is -1.35. The number of benzene rings is 1. The van der Waals surface area contributed by atoms with Gasteiger partial charge in [-0.15, -0.1) is 0 Å². The van der Waals surface area contributed by atoms with Crippen molar-refractivity contribution in [1.29, 1.82) is 0 Å². The van der Waals surface area contributed by atoms with Crippen molar-refractivity contribution in [2.75, 3.05) is 5.32 Å². The first kappa shape index (κ1) is 17.3. The predicted octanol–water partition coefficient (Wildman–Crippen LogP) is 3.19. The van der Waals surface area contributed by atoms with Gasteiger partial charge in [-0.2, -0.15) is 5.10 Å². The van der Waals surface area contributed by atoms with E-state index in [1.165, 1.54) is 30.9 Å². The topological polar surface area (TPSA) is 84.2 Å². The minimum Gasteiger partial charge on any atom is -0.479 e. The molecule has 2 rings (SSSR count). The third-order valence-corrected chi connectivity index (χ3v) is 4.07. The van der Waals surface area contributed by atoms with E-state index in [1.807, 2.05) is 0 Å². The summed E-state index contributed by atoms with van der Waals surface area (Å²) in [6.07, 6.45) is 2.85. The number of aliphatic carboxylic acids is 1. The van der Waals surface area contributed by atoms with E-state index in [2.05, 4.69) is 10.4 Å². The van der Waals surface area contributed by atoms with Gasteiger partial charge in [-0.1, -0.05) is 29.3 Å². The van der Waals surface area contributed by atoms with Crippen LogP contribution in [0.1, 0.15) is 19.4 Å². The highest BCUT2D eigenvalue weighted by Crippen LogP contribution is 2.25. The van der Waals surface area contributed by atoms with Gasteiger partial charge in [-0.3, -0.25) is 9.48 Å². The number of halogens is 2. The number of carboxylic acids is 1. The molecule has 0 bridgehead atoms. The molecule has 1 amide bonds. The van der Waals surface area contributed by atoms with Gasteiger partial charge >= 0.3 is 5.97 Å². The van der Waals surface area contributed by atoms with Crippen LogP contribution in [0.2, 0.25) is 10.0 Å². The number of nitrogens with one attached hydrogen (secondary N) is 1. The van der Waals surface area contributed by atoms with Crippen LogP contribution in [-0.4, -0.2) is 26.8 Å². The average molecular weight is 356 g/mol. The van der Waals surface area contributed by atoms with Crippen molar-refractivity contribution in [3.8, 4) is 0 Å². The molecule has 0 unspecified atom stereocenters. The first-order valence-electron chi connectivity index (χ1n) is 6.73. The number of amides is 1. The van der Waals surface area contributed by atoms with Crippen LogP contribution in [0.25, 0.3) is 0 Å². The predicted molar refractivity (Wildman–Crippen MR) is 88.0 cm³/mol. The molecule has 0 aliphatic rings. The standard InChI is InChI=1S/C15H15Cl2N3O3/c1-15(2,14(22)23)20-8-9(7-18-20)19-13(21)6-10-11(16)4-3-5-12(10)17/h3-5,7-8H,6H2,1-2H3,(H,19,21)(H,22,23). The zero-order valence-electron chi connectivity index (χ0n) is 12.5. The fourth-order valence-corrected chi connectivity index (χ4v) is 2.39. The molecule has 0 aliphatic heterocycles. The van der Waals surface area contributed by atoms with Crippen LogP contribution in [0.15, 0.2) is 30.6 Å². The highest BCUT2D eigenvalue weighted by atomic mass is 35.5. The van der Waals surface area contributed by atoms with Crippen LogP contribution in [-0.2, 0) is 21.5 Å². The van der Waals surface area contributed by atoms with Crippen molar-refractivity contribution in [1.82, 2.24) is 9.78 Å². The van der Waals surface area contributed by atoms with Crippen molar-refractivity contribution >= 4 is 40.8 Å². The normalized spacial score (nSPS) is 11.3. The van der Waals surface area contributed by atoms with Gasteiger partial charge in [0.25, 0.3) is 0 Å². The minimum atomic E-state index is -1.21. The molecule has 23 heavy (non-hydrogen) atoms. The van der Waals surface area contributed by atoms with Crippen LogP contribution in [0.3, 0.4) is 0 Å². The Morgan fingerprint density at radius 3 is 2.48 bits per heavy atom. The van der Waals surface area contributed by atoms with E-state index in [4.69, 9.17) is 28.3 Å². The lowest BCUT2D eigenvalue weighted by Gasteiger charge is -2.19. The summed E-state index contributed by atoms with van der Waals surface area (Å²) in [7, 11) is 0. The quantitative estimate of drug-likeness (QED) is 0.862. The largest absolute Gasteiger partial charge is 0.479 e. The van der Waals surface area contributed by atoms with E-state index in [1.54, 1.807) is 18.2 Å². The lowest BCUT2D eigenvalue weighted by atomic mass is 10.1. The number of nitrogens with zero attached hydrogens (tertiary/aromatic N) is 2. The second-order valence-corrected chi connectivity index (χ2v) is 6.28. The Bertz CT molecular complexity index is 736. The summed E-state index contributed by atoms with van der Waals surface area (Å²) in [5.41, 5.74) is -0.284. The molecule has 1 aromatic heterocycles. The molecule has 0 saturated heterocycles. The molecular formula is C15H15Cl2N3O3. The summed E-state index contributed by atoms with van der Waals surface area (Å²) in [6.45, 7) is 3.02. The van der Waals surface area contributed by atoms with Gasteiger partial charge in [-0.25, -0.2) is 4.79 Å². The van der Waals surface area contributed by atoms with Gasteiger partial charge in [0.15, 0.2) is 5.54 Å². The molecule has 2 N–H and O–H groups in total. The molecule has 2 aromatic rings. The van der Waals surface area contributed by atoms with Gasteiger partial charge in [0.05, 0.1) is 18.3 Å². The first-order chi connectivity index (χ1) is 10.7. The van der Waals surface area contributed by atoms with Crippen molar-refractivity contribution in [2.45, 2.75) is 25.8 Å². The highest BCUT2D eigenvalue weighted by Gasteiger charge is 2.30. The Hall–Kier alpha value is -2.05. The summed E-state index contributed by atoms with van der Waals surface area (Å²) < 4.78 is 1.27. The number of carbonyl (C=O) groups excluding carboxylic acids is 1. The Labute approximate surface area is 143 Å². The van der Waals surface area contributed by atoms with Crippen LogP contribution < -0.4 is 5.32 Å². The second-order valence-electron chi connectivity index (χ2n) is 5.46. The Morgan fingerprint density at radius 1 is 1.30 bits per heavy atom. The van der Waals surface area contributed by atoms with E-state index in [0.717, 1.165) is 0 Å². The van der Waals surface area contributed by atoms with Crippen LogP contribution in [0.4, 0.5) is 5.69 Å². The van der Waals surface area contributed by atoms with E-state index in [0.29, 0.717) is 21.3 Å². The molecule has 0 radical (unpaired) electrons. The molecular weight excluding hydrogens is 341 g/mol. The maximum Gasteiger partial charge on any atom is 0.331 e. The molecule has 8 heteroatoms. The monoisotopic (exact) mass is 355 g/mol. The third-order valence-electron chi connectivity index (χ3n) is 3.36. The first-order valence-corrected chi connectivity index (χ1v) is 7.48. The SMILES string of the molecule is CC(C)(C(=O)O)n1cc(NC(=O)Cc2c(Cl)cccc2Cl)cn1. The fraction of sp³-hybridized carbons (Fsp3) is 0.267. The molecule has 0 saturated carbocycles. The third kappa shape index (κ3) is 3.83. The van der Waals surface area contributed by atoms with Crippen molar-refractivity contribution in [3.05, 3.63) is 46.2 Å². The van der Waals surface area contributed by atoms with Crippen molar-refractivity contribution in [3.63, 3.8) is 0 Å². The van der Waals surface area contributed by atoms with Gasteiger partial charge in [0.2, 0.25) is 5.91 Å². The number of carboxylic acid groups (broad SMARTS) is 1. The number of aromatic nitrogens is 2. The Balaban J connectivity index is 2.10. The molecule has 122 valence electrons. The number of carbonyl (C=O) groups is 2. The van der Waals surface area contributed by atoms with E-state index >= 15 is 0 Å². The number of anilines is 1. The lowest BCUT2D eigenvalue weighted by molar-refractivity contribution is -0.146. The Kier molecular flexibility index (Phi) is 4.97. The van der Waals surface area contributed by atoms with Crippen LogP contribution in [0.5, 0.6) is 0 Å². The molecule has 6 nitrogen and oxygen atoms in total. The minimum absolute atomic E-state index is 0.00596. The maximum absolute atomic E-state index is 12.1. The highest BCUT2D eigenvalue weighted by molar-refractivity contribution is 6.36. The number of hydrogen-bond donors (Lipinski definition) is 2. The van der Waals surface area contributed by atoms with Crippen molar-refractivity contribution in [2.24, 2.45) is 0 Å².